The van der Waals surface area contributed by atoms with Crippen LogP contribution in [0.25, 0.3) is 0 Å². The highest BCUT2D eigenvalue weighted by Gasteiger charge is 2.28. The van der Waals surface area contributed by atoms with Crippen LogP contribution in [-0.4, -0.2) is 47.3 Å². The molecule has 1 N–H and O–H groups in total. The predicted molar refractivity (Wildman–Crippen MR) is 95.8 cm³/mol. The maximum absolute atomic E-state index is 12.1. The molecule has 2 aliphatic heterocycles. The minimum atomic E-state index is -0.455. The first-order valence-electron chi connectivity index (χ1n) is 9.17. The number of ether oxygens (including phenoxy) is 2. The highest BCUT2D eigenvalue weighted by Crippen LogP contribution is 2.26. The van der Waals surface area contributed by atoms with E-state index >= 15 is 0 Å². The molecule has 1 unspecified atom stereocenters. The summed E-state index contributed by atoms with van der Waals surface area (Å²) in [4.78, 5) is 18.6. The van der Waals surface area contributed by atoms with Gasteiger partial charge in [0.2, 0.25) is 5.88 Å². The van der Waals surface area contributed by atoms with Crippen LogP contribution in [0.5, 0.6) is 5.88 Å². The number of rotatable bonds is 2. The first-order valence-corrected chi connectivity index (χ1v) is 9.17. The Morgan fingerprint density at radius 1 is 1.28 bits per heavy atom. The summed E-state index contributed by atoms with van der Waals surface area (Å²) in [7, 11) is 0. The summed E-state index contributed by atoms with van der Waals surface area (Å²) in [6.45, 7) is 11.0. The van der Waals surface area contributed by atoms with Gasteiger partial charge in [-0.05, 0) is 26.3 Å². The molecule has 3 rings (SSSR count). The van der Waals surface area contributed by atoms with Crippen molar-refractivity contribution in [3.8, 4) is 5.88 Å². The third-order valence-electron chi connectivity index (χ3n) is 4.60. The number of likely N-dealkylation sites (tertiary alicyclic amines) is 1. The molecule has 2 aliphatic rings. The molecule has 0 bridgehead atoms. The molecular weight excluding hydrogens is 318 g/mol. The van der Waals surface area contributed by atoms with Crippen LogP contribution in [0.2, 0.25) is 0 Å². The number of amides is 1. The topological polar surface area (TPSA) is 63.7 Å². The maximum Gasteiger partial charge on any atom is 0.410 e. The van der Waals surface area contributed by atoms with Crippen LogP contribution in [0.4, 0.5) is 4.79 Å². The van der Waals surface area contributed by atoms with Gasteiger partial charge < -0.3 is 19.7 Å². The molecular formula is C19H29N3O3. The largest absolute Gasteiger partial charge is 0.474 e. The van der Waals surface area contributed by atoms with Gasteiger partial charge >= 0.3 is 6.09 Å². The molecule has 0 aliphatic carbocycles. The summed E-state index contributed by atoms with van der Waals surface area (Å²) in [5, 5.41) is 3.39. The highest BCUT2D eigenvalue weighted by molar-refractivity contribution is 5.68. The Balaban J connectivity index is 1.54. The standard InChI is InChI=1S/C19H29N3O3/c1-13-11-20-12-14-5-6-16(21-17(13)14)24-15-7-9-22(10-8-15)18(23)25-19(2,3)4/h5-6,13,15,20H,7-12H2,1-4H3. The van der Waals surface area contributed by atoms with E-state index in [9.17, 15) is 4.79 Å². The molecule has 0 spiro atoms. The van der Waals surface area contributed by atoms with Crippen LogP contribution >= 0.6 is 0 Å². The van der Waals surface area contributed by atoms with Crippen molar-refractivity contribution in [2.45, 2.75) is 64.7 Å². The average molecular weight is 347 g/mol. The van der Waals surface area contributed by atoms with Gasteiger partial charge in [0.15, 0.2) is 0 Å². The van der Waals surface area contributed by atoms with Gasteiger partial charge in [-0.3, -0.25) is 0 Å². The molecule has 25 heavy (non-hydrogen) atoms. The summed E-state index contributed by atoms with van der Waals surface area (Å²) >= 11 is 0. The number of piperidine rings is 1. The van der Waals surface area contributed by atoms with Crippen LogP contribution in [0.1, 0.15) is 57.7 Å². The second-order valence-corrected chi connectivity index (χ2v) is 8.01. The summed E-state index contributed by atoms with van der Waals surface area (Å²) in [6.07, 6.45) is 1.46. The number of nitrogens with one attached hydrogen (secondary N) is 1. The van der Waals surface area contributed by atoms with Crippen molar-refractivity contribution in [3.05, 3.63) is 23.4 Å². The Labute approximate surface area is 149 Å². The van der Waals surface area contributed by atoms with Crippen molar-refractivity contribution >= 4 is 6.09 Å². The van der Waals surface area contributed by atoms with Crippen molar-refractivity contribution in [1.82, 2.24) is 15.2 Å². The molecule has 0 aromatic carbocycles. The number of nitrogens with zero attached hydrogens (tertiary/aromatic N) is 2. The van der Waals surface area contributed by atoms with Gasteiger partial charge in [0, 0.05) is 51.0 Å². The lowest BCUT2D eigenvalue weighted by molar-refractivity contribution is 0.0123. The number of hydrogen-bond acceptors (Lipinski definition) is 5. The SMILES string of the molecule is CC1CNCc2ccc(OC3CCN(C(=O)OC(C)(C)C)CC3)nc21. The molecule has 0 radical (unpaired) electrons. The van der Waals surface area contributed by atoms with E-state index in [-0.39, 0.29) is 12.2 Å². The molecule has 1 aromatic rings. The fraction of sp³-hybridized carbons (Fsp3) is 0.684. The molecule has 6 heteroatoms. The van der Waals surface area contributed by atoms with Gasteiger partial charge in [-0.2, -0.15) is 0 Å². The first-order chi connectivity index (χ1) is 11.8. The lowest BCUT2D eigenvalue weighted by Crippen LogP contribution is -2.44. The van der Waals surface area contributed by atoms with Crippen LogP contribution < -0.4 is 10.1 Å². The number of hydrogen-bond donors (Lipinski definition) is 1. The van der Waals surface area contributed by atoms with E-state index < -0.39 is 5.60 Å². The average Bonchev–Trinajstić information content (AvgIpc) is 2.55. The third kappa shape index (κ3) is 4.63. The van der Waals surface area contributed by atoms with E-state index in [0.717, 1.165) is 31.6 Å². The van der Waals surface area contributed by atoms with E-state index in [1.54, 1.807) is 4.90 Å². The summed E-state index contributed by atoms with van der Waals surface area (Å²) in [6, 6.07) is 4.06. The molecule has 6 nitrogen and oxygen atoms in total. The van der Waals surface area contributed by atoms with Crippen molar-refractivity contribution in [2.75, 3.05) is 19.6 Å². The van der Waals surface area contributed by atoms with Gasteiger partial charge in [0.05, 0.1) is 5.69 Å². The second-order valence-electron chi connectivity index (χ2n) is 8.01. The Hall–Kier alpha value is -1.82. The molecule has 1 fully saturated rings. The van der Waals surface area contributed by atoms with Crippen molar-refractivity contribution in [1.29, 1.82) is 0 Å². The van der Waals surface area contributed by atoms with E-state index in [2.05, 4.69) is 18.3 Å². The lowest BCUT2D eigenvalue weighted by Gasteiger charge is -2.33. The Kier molecular flexibility index (Phi) is 5.18. The van der Waals surface area contributed by atoms with Gasteiger partial charge in [0.25, 0.3) is 0 Å². The summed E-state index contributed by atoms with van der Waals surface area (Å²) in [5.41, 5.74) is 1.94. The van der Waals surface area contributed by atoms with Crippen molar-refractivity contribution in [2.24, 2.45) is 0 Å². The number of fused-ring (bicyclic) bond motifs is 1. The number of pyridine rings is 1. The quantitative estimate of drug-likeness (QED) is 0.891. The minimum absolute atomic E-state index is 0.0984. The zero-order chi connectivity index (χ0) is 18.0. The fourth-order valence-electron chi connectivity index (χ4n) is 3.30. The molecule has 1 aromatic heterocycles. The first kappa shape index (κ1) is 18.0. The van der Waals surface area contributed by atoms with Gasteiger partial charge in [-0.1, -0.05) is 13.0 Å². The summed E-state index contributed by atoms with van der Waals surface area (Å²) < 4.78 is 11.5. The highest BCUT2D eigenvalue weighted by atomic mass is 16.6. The molecule has 138 valence electrons. The van der Waals surface area contributed by atoms with Crippen molar-refractivity contribution < 1.29 is 14.3 Å². The minimum Gasteiger partial charge on any atom is -0.474 e. The van der Waals surface area contributed by atoms with Crippen LogP contribution in [0, 0.1) is 0 Å². The van der Waals surface area contributed by atoms with Gasteiger partial charge in [-0.15, -0.1) is 0 Å². The molecule has 1 saturated heterocycles. The van der Waals surface area contributed by atoms with Crippen LogP contribution in [0.15, 0.2) is 12.1 Å². The molecule has 1 amide bonds. The van der Waals surface area contributed by atoms with Crippen LogP contribution in [-0.2, 0) is 11.3 Å². The van der Waals surface area contributed by atoms with Crippen LogP contribution in [0.3, 0.4) is 0 Å². The van der Waals surface area contributed by atoms with E-state index in [4.69, 9.17) is 14.5 Å². The Bertz CT molecular complexity index is 619. The summed E-state index contributed by atoms with van der Waals surface area (Å²) in [5.74, 6) is 1.10. The number of carbonyl (C=O) groups excluding carboxylic acids is 1. The molecule has 0 saturated carbocycles. The fourth-order valence-corrected chi connectivity index (χ4v) is 3.30. The number of aromatic nitrogens is 1. The zero-order valence-electron chi connectivity index (χ0n) is 15.7. The van der Waals surface area contributed by atoms with E-state index in [0.29, 0.717) is 24.9 Å². The Morgan fingerprint density at radius 3 is 2.68 bits per heavy atom. The Morgan fingerprint density at radius 2 is 2.00 bits per heavy atom. The molecule has 1 atom stereocenters. The maximum atomic E-state index is 12.1. The van der Waals surface area contributed by atoms with Crippen molar-refractivity contribution in [3.63, 3.8) is 0 Å². The van der Waals surface area contributed by atoms with E-state index in [1.165, 1.54) is 5.56 Å². The smallest absolute Gasteiger partial charge is 0.410 e. The second kappa shape index (κ2) is 7.20. The third-order valence-corrected chi connectivity index (χ3v) is 4.60. The monoisotopic (exact) mass is 347 g/mol. The van der Waals surface area contributed by atoms with Gasteiger partial charge in [0.1, 0.15) is 11.7 Å². The number of carbonyl (C=O) groups is 1. The lowest BCUT2D eigenvalue weighted by atomic mass is 9.98. The predicted octanol–water partition coefficient (Wildman–Crippen LogP) is 3.07. The molecule has 3 heterocycles. The van der Waals surface area contributed by atoms with E-state index in [1.807, 2.05) is 26.8 Å². The zero-order valence-corrected chi connectivity index (χ0v) is 15.7. The van der Waals surface area contributed by atoms with Gasteiger partial charge in [-0.25, -0.2) is 9.78 Å². The normalized spacial score (nSPS) is 21.6.